The van der Waals surface area contributed by atoms with Crippen molar-refractivity contribution in [2.24, 2.45) is 0 Å². The van der Waals surface area contributed by atoms with Gasteiger partial charge < -0.3 is 5.32 Å². The van der Waals surface area contributed by atoms with Crippen LogP contribution in [0, 0.1) is 0 Å². The highest BCUT2D eigenvalue weighted by atomic mass is 32.2. The minimum atomic E-state index is -4.02. The van der Waals surface area contributed by atoms with E-state index in [0.717, 1.165) is 6.42 Å². The molecule has 0 aliphatic carbocycles. The number of carbonyl (C=O) groups is 3. The van der Waals surface area contributed by atoms with Gasteiger partial charge in [-0.15, -0.1) is 0 Å². The maximum Gasteiger partial charge on any atom is 0.269 e. The summed E-state index contributed by atoms with van der Waals surface area (Å²) < 4.78 is 25.6. The zero-order valence-corrected chi connectivity index (χ0v) is 15.5. The third-order valence-corrected chi connectivity index (χ3v) is 5.95. The predicted molar refractivity (Wildman–Crippen MR) is 99.0 cm³/mol. The second-order valence-electron chi connectivity index (χ2n) is 6.11. The summed E-state index contributed by atoms with van der Waals surface area (Å²) in [5, 5.41) is 2.70. The summed E-state index contributed by atoms with van der Waals surface area (Å²) in [6, 6.07) is 12.0. The Kier molecular flexibility index (Phi) is 5.09. The quantitative estimate of drug-likeness (QED) is 0.769. The normalized spacial score (nSPS) is 14.7. The number of sulfonamides is 1. The van der Waals surface area contributed by atoms with Crippen LogP contribution in [0.5, 0.6) is 0 Å². The van der Waals surface area contributed by atoms with E-state index in [-0.39, 0.29) is 21.9 Å². The zero-order chi connectivity index (χ0) is 19.6. The maximum absolute atomic E-state index is 12.5. The van der Waals surface area contributed by atoms with Crippen LogP contribution in [0.1, 0.15) is 40.5 Å². The van der Waals surface area contributed by atoms with E-state index in [1.54, 1.807) is 18.2 Å². The van der Waals surface area contributed by atoms with Crippen molar-refractivity contribution in [1.29, 1.82) is 0 Å². The van der Waals surface area contributed by atoms with Crippen LogP contribution in [0.4, 0.5) is 5.69 Å². The molecule has 140 valence electrons. The minimum Gasteiger partial charge on any atom is -0.326 e. The van der Waals surface area contributed by atoms with Crippen LogP contribution in [-0.2, 0) is 14.8 Å². The highest BCUT2D eigenvalue weighted by Crippen LogP contribution is 2.30. The van der Waals surface area contributed by atoms with Gasteiger partial charge in [-0.1, -0.05) is 19.1 Å². The lowest BCUT2D eigenvalue weighted by atomic mass is 10.1. The first-order valence-corrected chi connectivity index (χ1v) is 9.88. The molecule has 0 fully saturated rings. The van der Waals surface area contributed by atoms with Crippen molar-refractivity contribution in [3.63, 3.8) is 0 Å². The van der Waals surface area contributed by atoms with Gasteiger partial charge in [-0.25, -0.2) is 12.7 Å². The molecule has 0 bridgehead atoms. The Morgan fingerprint density at radius 2 is 1.70 bits per heavy atom. The van der Waals surface area contributed by atoms with E-state index >= 15 is 0 Å². The summed E-state index contributed by atoms with van der Waals surface area (Å²) in [4.78, 5) is 36.3. The molecule has 1 heterocycles. The first kappa shape index (κ1) is 18.8. The molecule has 0 saturated heterocycles. The number of nitrogens with zero attached hydrogens (tertiary/aromatic N) is 1. The molecule has 0 saturated carbocycles. The number of nitrogens with one attached hydrogen (secondary N) is 1. The van der Waals surface area contributed by atoms with Crippen molar-refractivity contribution in [3.8, 4) is 0 Å². The number of Topliss-reactive ketones (excluding diaryl/α,β-unsaturated/α-hetero) is 1. The fourth-order valence-electron chi connectivity index (χ4n) is 2.80. The van der Waals surface area contributed by atoms with E-state index in [2.05, 4.69) is 5.32 Å². The fraction of sp³-hybridized carbons (Fsp3) is 0.211. The van der Waals surface area contributed by atoms with E-state index in [1.807, 2.05) is 6.92 Å². The molecule has 0 radical (unpaired) electrons. The lowest BCUT2D eigenvalue weighted by Crippen LogP contribution is -2.35. The smallest absolute Gasteiger partial charge is 0.269 e. The first-order chi connectivity index (χ1) is 12.8. The Balaban J connectivity index is 1.75. The lowest BCUT2D eigenvalue weighted by Gasteiger charge is -2.14. The van der Waals surface area contributed by atoms with Crippen molar-refractivity contribution in [2.45, 2.75) is 24.7 Å². The van der Waals surface area contributed by atoms with Gasteiger partial charge in [0.15, 0.2) is 5.78 Å². The first-order valence-electron chi connectivity index (χ1n) is 8.44. The van der Waals surface area contributed by atoms with Crippen LogP contribution in [-0.4, -0.2) is 36.9 Å². The molecule has 0 spiro atoms. The van der Waals surface area contributed by atoms with Crippen LogP contribution >= 0.6 is 0 Å². The Morgan fingerprint density at radius 3 is 2.33 bits per heavy atom. The number of carbonyl (C=O) groups excluding carboxylic acids is 3. The maximum atomic E-state index is 12.5. The monoisotopic (exact) mass is 386 g/mol. The SMILES string of the molecule is CCCC(=O)Nc1ccc(C(=O)CN2C(=O)c3ccccc3S2(=O)=O)cc1. The van der Waals surface area contributed by atoms with Gasteiger partial charge in [0.2, 0.25) is 5.91 Å². The van der Waals surface area contributed by atoms with Gasteiger partial charge in [-0.3, -0.25) is 14.4 Å². The third kappa shape index (κ3) is 3.61. The van der Waals surface area contributed by atoms with E-state index in [0.29, 0.717) is 16.4 Å². The van der Waals surface area contributed by atoms with Crippen molar-refractivity contribution in [2.75, 3.05) is 11.9 Å². The number of fused-ring (bicyclic) bond motifs is 1. The number of anilines is 1. The highest BCUT2D eigenvalue weighted by molar-refractivity contribution is 7.90. The molecule has 1 N–H and O–H groups in total. The van der Waals surface area contributed by atoms with E-state index in [1.165, 1.54) is 30.3 Å². The van der Waals surface area contributed by atoms with Gasteiger partial charge in [0.1, 0.15) is 11.4 Å². The molecule has 1 aliphatic rings. The number of amides is 2. The van der Waals surface area contributed by atoms with E-state index < -0.39 is 28.3 Å². The van der Waals surface area contributed by atoms with Crippen LogP contribution < -0.4 is 5.32 Å². The van der Waals surface area contributed by atoms with Crippen molar-refractivity contribution in [1.82, 2.24) is 4.31 Å². The Morgan fingerprint density at radius 1 is 1.04 bits per heavy atom. The molecular formula is C19H18N2O5S. The molecule has 2 aromatic rings. The number of ketones is 1. The van der Waals surface area contributed by atoms with Crippen molar-refractivity contribution >= 4 is 33.3 Å². The van der Waals surface area contributed by atoms with E-state index in [9.17, 15) is 22.8 Å². The molecule has 8 heteroatoms. The lowest BCUT2D eigenvalue weighted by molar-refractivity contribution is -0.116. The van der Waals surface area contributed by atoms with Crippen molar-refractivity contribution < 1.29 is 22.8 Å². The summed E-state index contributed by atoms with van der Waals surface area (Å²) in [7, 11) is -4.02. The average molecular weight is 386 g/mol. The molecule has 0 atom stereocenters. The number of hydrogen-bond donors (Lipinski definition) is 1. The molecule has 2 amide bonds. The zero-order valence-electron chi connectivity index (χ0n) is 14.6. The summed E-state index contributed by atoms with van der Waals surface area (Å²) in [5.41, 5.74) is 0.865. The van der Waals surface area contributed by atoms with Crippen LogP contribution in [0.15, 0.2) is 53.4 Å². The fourth-order valence-corrected chi connectivity index (χ4v) is 4.32. The second-order valence-corrected chi connectivity index (χ2v) is 7.94. The van der Waals surface area contributed by atoms with E-state index in [4.69, 9.17) is 0 Å². The minimum absolute atomic E-state index is 0.0688. The molecule has 0 unspecified atom stereocenters. The summed E-state index contributed by atoms with van der Waals surface area (Å²) in [5.74, 6) is -1.34. The van der Waals surface area contributed by atoms with Crippen LogP contribution in [0.25, 0.3) is 0 Å². The molecule has 2 aromatic carbocycles. The molecule has 0 aromatic heterocycles. The van der Waals surface area contributed by atoms with Gasteiger partial charge in [-0.05, 0) is 42.8 Å². The topological polar surface area (TPSA) is 101 Å². The summed E-state index contributed by atoms with van der Waals surface area (Å²) >= 11 is 0. The summed E-state index contributed by atoms with van der Waals surface area (Å²) in [6.45, 7) is 1.32. The van der Waals surface area contributed by atoms with Gasteiger partial charge in [0.25, 0.3) is 15.9 Å². The van der Waals surface area contributed by atoms with Gasteiger partial charge >= 0.3 is 0 Å². The van der Waals surface area contributed by atoms with Gasteiger partial charge in [-0.2, -0.15) is 0 Å². The van der Waals surface area contributed by atoms with Crippen LogP contribution in [0.3, 0.4) is 0 Å². The Hall–Kier alpha value is -3.00. The molecule has 27 heavy (non-hydrogen) atoms. The van der Waals surface area contributed by atoms with Gasteiger partial charge in [0, 0.05) is 17.7 Å². The standard InChI is InChI=1S/C19H18N2O5S/c1-2-5-18(23)20-14-10-8-13(9-11-14)16(22)12-21-19(24)15-6-3-4-7-17(15)27(21,25)26/h3-4,6-11H,2,5,12H2,1H3,(H,20,23). The molecule has 7 nitrogen and oxygen atoms in total. The molecule has 1 aliphatic heterocycles. The van der Waals surface area contributed by atoms with Crippen molar-refractivity contribution in [3.05, 3.63) is 59.7 Å². The largest absolute Gasteiger partial charge is 0.326 e. The molecule has 3 rings (SSSR count). The average Bonchev–Trinajstić information content (AvgIpc) is 2.84. The second kappa shape index (κ2) is 7.32. The van der Waals surface area contributed by atoms with Gasteiger partial charge in [0.05, 0.1) is 5.56 Å². The summed E-state index contributed by atoms with van der Waals surface area (Å²) in [6.07, 6.45) is 1.12. The number of benzene rings is 2. The third-order valence-electron chi connectivity index (χ3n) is 4.17. The van der Waals surface area contributed by atoms with Crippen LogP contribution in [0.2, 0.25) is 0 Å². The molecular weight excluding hydrogens is 368 g/mol. The Bertz CT molecular complexity index is 1010. The Labute approximate surface area is 157 Å². The number of rotatable bonds is 6. The number of hydrogen-bond acceptors (Lipinski definition) is 5. The predicted octanol–water partition coefficient (Wildman–Crippen LogP) is 2.45. The highest BCUT2D eigenvalue weighted by Gasteiger charge is 2.41.